The molecule has 3 rings (SSSR count). The van der Waals surface area contributed by atoms with Crippen molar-refractivity contribution in [3.63, 3.8) is 0 Å². The number of carbonyl (C=O) groups excluding carboxylic acids is 1. The van der Waals surface area contributed by atoms with Crippen LogP contribution in [0.15, 0.2) is 46.1 Å². The molecule has 2 aromatic rings. The molecule has 1 fully saturated rings. The fourth-order valence-corrected chi connectivity index (χ4v) is 5.11. The third-order valence-electron chi connectivity index (χ3n) is 5.05. The number of esters is 1. The average molecular weight is 572 g/mol. The first kappa shape index (κ1) is 29.6. The molecule has 0 aliphatic carbocycles. The van der Waals surface area contributed by atoms with E-state index in [1.54, 1.807) is 32.0 Å². The number of aromatic nitrogens is 3. The number of nitrogens with zero attached hydrogens (tertiary/aromatic N) is 2. The molecule has 0 amide bonds. The number of nitrogens with one attached hydrogen (secondary N) is 1. The van der Waals surface area contributed by atoms with Gasteiger partial charge in [-0.05, 0) is 39.8 Å². The van der Waals surface area contributed by atoms with Crippen LogP contribution in [0.3, 0.4) is 0 Å². The Kier molecular flexibility index (Phi) is 9.54. The Labute approximate surface area is 222 Å². The predicted molar refractivity (Wildman–Crippen MR) is 133 cm³/mol. The standard InChI is InChI=1S/C23H27ClN3O10P/c1-5-11-23(24)19(29)17(35-21(23)27-22(31)26-18(28)12-25-27)13-33-38(32,37-16-9-7-6-8-10-16)36-15(4)20(30)34-14(2)3/h6-10,12,14-15,17,19,21,29H,13H2,1-4H3,(H,26,28,31)/t15-,17+,19-,21+,23+,38-/m0/s1. The number of benzene rings is 1. The van der Waals surface area contributed by atoms with Crippen LogP contribution in [0.2, 0.25) is 0 Å². The Balaban J connectivity index is 1.86. The summed E-state index contributed by atoms with van der Waals surface area (Å²) in [5, 5.41) is 14.7. The molecule has 0 bridgehead atoms. The first-order valence-corrected chi connectivity index (χ1v) is 13.2. The summed E-state index contributed by atoms with van der Waals surface area (Å²) in [6.45, 7) is 5.40. The number of hydrogen-bond acceptors (Lipinski definition) is 11. The highest BCUT2D eigenvalue weighted by Gasteiger charge is 2.57. The SMILES string of the molecule is CC#C[C@@]1(Cl)[C@@H](O)[C@@H](CO[P@](=O)(Oc2ccccc2)O[C@@H](C)C(=O)OC(C)C)O[C@H]1n1ncc(=O)[nH]c1=O. The zero-order valence-electron chi connectivity index (χ0n) is 20.9. The lowest BCUT2D eigenvalue weighted by atomic mass is 9.99. The van der Waals surface area contributed by atoms with Crippen LogP contribution in [0.25, 0.3) is 0 Å². The van der Waals surface area contributed by atoms with Crippen LogP contribution in [0.5, 0.6) is 5.75 Å². The largest absolute Gasteiger partial charge is 0.530 e. The fraction of sp³-hybridized carbons (Fsp3) is 0.478. The normalized spacial score (nSPS) is 25.2. The van der Waals surface area contributed by atoms with Crippen molar-refractivity contribution in [3.05, 3.63) is 57.4 Å². The maximum absolute atomic E-state index is 13.6. The molecule has 38 heavy (non-hydrogen) atoms. The second-order valence-electron chi connectivity index (χ2n) is 8.38. The van der Waals surface area contributed by atoms with Gasteiger partial charge in [-0.3, -0.25) is 18.8 Å². The molecule has 13 nitrogen and oxygen atoms in total. The van der Waals surface area contributed by atoms with Gasteiger partial charge in [-0.2, -0.15) is 9.78 Å². The van der Waals surface area contributed by atoms with Crippen LogP contribution in [-0.4, -0.2) is 61.7 Å². The van der Waals surface area contributed by atoms with Crippen molar-refractivity contribution < 1.29 is 37.5 Å². The summed E-state index contributed by atoms with van der Waals surface area (Å²) in [5.74, 6) is 4.45. The van der Waals surface area contributed by atoms with E-state index in [0.29, 0.717) is 4.68 Å². The van der Waals surface area contributed by atoms with E-state index in [-0.39, 0.29) is 5.75 Å². The van der Waals surface area contributed by atoms with E-state index in [0.717, 1.165) is 6.20 Å². The Morgan fingerprint density at radius 2 is 2.00 bits per heavy atom. The number of aromatic amines is 1. The van der Waals surface area contributed by atoms with E-state index < -0.39 is 67.2 Å². The molecule has 0 saturated carbocycles. The van der Waals surface area contributed by atoms with Gasteiger partial charge in [0.15, 0.2) is 17.2 Å². The Hall–Kier alpha value is -2.98. The number of halogens is 1. The van der Waals surface area contributed by atoms with E-state index in [4.69, 9.17) is 34.6 Å². The molecular weight excluding hydrogens is 545 g/mol. The summed E-state index contributed by atoms with van der Waals surface area (Å²) in [5.41, 5.74) is -1.72. The van der Waals surface area contributed by atoms with Gasteiger partial charge in [-0.1, -0.05) is 35.7 Å². The molecule has 6 atom stereocenters. The number of aliphatic hydroxyl groups is 1. The van der Waals surface area contributed by atoms with Crippen LogP contribution in [-0.2, 0) is 27.9 Å². The minimum atomic E-state index is -4.54. The molecule has 2 heterocycles. The molecule has 1 aromatic heterocycles. The van der Waals surface area contributed by atoms with E-state index in [9.17, 15) is 24.1 Å². The molecule has 0 unspecified atom stereocenters. The molecule has 15 heteroatoms. The summed E-state index contributed by atoms with van der Waals surface area (Å²) >= 11 is 6.59. The lowest BCUT2D eigenvalue weighted by molar-refractivity contribution is -0.156. The minimum absolute atomic E-state index is 0.110. The summed E-state index contributed by atoms with van der Waals surface area (Å²) in [4.78, 5) is 36.1. The monoisotopic (exact) mass is 571 g/mol. The topological polar surface area (TPSA) is 168 Å². The summed E-state index contributed by atoms with van der Waals surface area (Å²) < 4.78 is 41.4. The van der Waals surface area contributed by atoms with Crippen molar-refractivity contribution in [2.45, 2.75) is 63.2 Å². The molecule has 0 spiro atoms. The minimum Gasteiger partial charge on any atom is -0.461 e. The van der Waals surface area contributed by atoms with Gasteiger partial charge < -0.3 is 19.1 Å². The summed E-state index contributed by atoms with van der Waals surface area (Å²) in [6.07, 6.45) is -5.38. The second kappa shape index (κ2) is 12.3. The number of aliphatic hydroxyl groups excluding tert-OH is 1. The van der Waals surface area contributed by atoms with Crippen LogP contribution in [0.1, 0.15) is 33.9 Å². The van der Waals surface area contributed by atoms with Crippen LogP contribution < -0.4 is 15.8 Å². The molecule has 2 N–H and O–H groups in total. The maximum Gasteiger partial charge on any atom is 0.530 e. The fourth-order valence-electron chi connectivity index (χ4n) is 3.40. The molecule has 1 aliphatic heterocycles. The molecule has 1 aromatic carbocycles. The van der Waals surface area contributed by atoms with Gasteiger partial charge in [0.2, 0.25) is 0 Å². The number of phosphoric acid groups is 1. The summed E-state index contributed by atoms with van der Waals surface area (Å²) in [7, 11) is -4.54. The van der Waals surface area contributed by atoms with Gasteiger partial charge in [0, 0.05) is 0 Å². The van der Waals surface area contributed by atoms with E-state index in [1.165, 1.54) is 26.0 Å². The van der Waals surface area contributed by atoms with Crippen molar-refractivity contribution >= 4 is 25.4 Å². The Bertz CT molecular complexity index is 1350. The predicted octanol–water partition coefficient (Wildman–Crippen LogP) is 1.75. The lowest BCUT2D eigenvalue weighted by Gasteiger charge is -2.25. The van der Waals surface area contributed by atoms with Crippen molar-refractivity contribution in [1.82, 2.24) is 14.8 Å². The number of hydrogen-bond donors (Lipinski definition) is 2. The van der Waals surface area contributed by atoms with Crippen molar-refractivity contribution in [3.8, 4) is 17.6 Å². The molecular formula is C23H27ClN3O10P. The number of para-hydroxylation sites is 1. The number of phosphoric ester groups is 1. The van der Waals surface area contributed by atoms with Crippen molar-refractivity contribution in [1.29, 1.82) is 0 Å². The van der Waals surface area contributed by atoms with Gasteiger partial charge in [0.25, 0.3) is 5.56 Å². The zero-order chi connectivity index (χ0) is 28.1. The maximum atomic E-state index is 13.6. The zero-order valence-corrected chi connectivity index (χ0v) is 22.5. The summed E-state index contributed by atoms with van der Waals surface area (Å²) in [6, 6.07) is 7.91. The van der Waals surface area contributed by atoms with Gasteiger partial charge in [-0.15, -0.1) is 5.92 Å². The number of ether oxygens (including phenoxy) is 2. The molecule has 206 valence electrons. The van der Waals surface area contributed by atoms with E-state index in [2.05, 4.69) is 16.9 Å². The number of rotatable bonds is 10. The Morgan fingerprint density at radius 1 is 1.32 bits per heavy atom. The van der Waals surface area contributed by atoms with Gasteiger partial charge >= 0.3 is 19.5 Å². The molecule has 1 aliphatic rings. The van der Waals surface area contributed by atoms with Crippen LogP contribution >= 0.6 is 19.4 Å². The van der Waals surface area contributed by atoms with Crippen molar-refractivity contribution in [2.75, 3.05) is 6.61 Å². The lowest BCUT2D eigenvalue weighted by Crippen LogP contribution is -2.45. The third-order valence-corrected chi connectivity index (χ3v) is 7.03. The average Bonchev–Trinajstić information content (AvgIpc) is 3.08. The highest BCUT2D eigenvalue weighted by Crippen LogP contribution is 2.52. The van der Waals surface area contributed by atoms with Crippen molar-refractivity contribution in [2.24, 2.45) is 0 Å². The molecule has 0 radical (unpaired) electrons. The van der Waals surface area contributed by atoms with E-state index >= 15 is 0 Å². The second-order valence-corrected chi connectivity index (χ2v) is 10.6. The first-order valence-electron chi connectivity index (χ1n) is 11.4. The van der Waals surface area contributed by atoms with Gasteiger partial charge in [0.1, 0.15) is 24.2 Å². The highest BCUT2D eigenvalue weighted by molar-refractivity contribution is 7.49. The number of H-pyrrole nitrogens is 1. The number of carbonyl (C=O) groups is 1. The highest BCUT2D eigenvalue weighted by atomic mass is 35.5. The smallest absolute Gasteiger partial charge is 0.461 e. The van der Waals surface area contributed by atoms with Crippen LogP contribution in [0.4, 0.5) is 0 Å². The van der Waals surface area contributed by atoms with Gasteiger partial charge in [0.05, 0.1) is 12.7 Å². The third kappa shape index (κ3) is 6.91. The first-order chi connectivity index (χ1) is 17.9. The van der Waals surface area contributed by atoms with Crippen LogP contribution in [0, 0.1) is 11.8 Å². The quantitative estimate of drug-likeness (QED) is 0.184. The molecule has 1 saturated heterocycles. The Morgan fingerprint density at radius 3 is 2.61 bits per heavy atom. The number of alkyl halides is 1. The van der Waals surface area contributed by atoms with E-state index in [1.807, 2.05) is 4.98 Å². The van der Waals surface area contributed by atoms with Gasteiger partial charge in [-0.25, -0.2) is 14.2 Å².